The Labute approximate surface area is 67.9 Å². The molecule has 0 saturated heterocycles. The number of rotatable bonds is 0. The predicted molar refractivity (Wildman–Crippen MR) is 45.7 cm³/mol. The Morgan fingerprint density at radius 1 is 1.20 bits per heavy atom. The molecule has 60 valence electrons. The average molecular weight is 164 g/mol. The molecule has 0 atom stereocenters. The van der Waals surface area contributed by atoms with E-state index in [4.69, 9.17) is 4.74 Å². The van der Waals surface area contributed by atoms with Crippen LogP contribution in [0.15, 0.2) is 24.5 Å². The third kappa shape index (κ3) is 3.54. The molecule has 0 aromatic rings. The second-order valence-electron chi connectivity index (χ2n) is 2.41. The number of allylic oxidation sites excluding steroid dienone is 2. The molecule has 3 N–H and O–H groups in total. The zero-order valence-electron chi connectivity index (χ0n) is 6.33. The summed E-state index contributed by atoms with van der Waals surface area (Å²) in [6, 6.07) is 0. The van der Waals surface area contributed by atoms with Gasteiger partial charge in [-0.3, -0.25) is 0 Å². The molecule has 0 spiro atoms. The van der Waals surface area contributed by atoms with E-state index >= 15 is 0 Å². The van der Waals surface area contributed by atoms with E-state index in [1.165, 1.54) is 0 Å². The molecule has 1 aliphatic heterocycles. The number of hydrogen-bond acceptors (Lipinski definition) is 2. The Bertz CT molecular complexity index is 141. The van der Waals surface area contributed by atoms with Crippen molar-refractivity contribution in [1.82, 2.24) is 6.15 Å². The lowest BCUT2D eigenvalue weighted by molar-refractivity contribution is 0.102. The summed E-state index contributed by atoms with van der Waals surface area (Å²) < 4.78 is 5.20. The lowest BCUT2D eigenvalue weighted by Gasteiger charge is -2.21. The zero-order chi connectivity index (χ0) is 6.04. The molecule has 0 fully saturated rings. The van der Waals surface area contributed by atoms with E-state index in [0.717, 1.165) is 0 Å². The highest BCUT2D eigenvalue weighted by molar-refractivity contribution is 5.85. The van der Waals surface area contributed by atoms with E-state index in [2.05, 4.69) is 0 Å². The van der Waals surface area contributed by atoms with Crippen LogP contribution in [-0.4, -0.2) is 5.60 Å². The van der Waals surface area contributed by atoms with Crippen LogP contribution in [0.2, 0.25) is 0 Å². The van der Waals surface area contributed by atoms with E-state index in [1.807, 2.05) is 32.1 Å². The maximum atomic E-state index is 5.20. The first-order valence-electron chi connectivity index (χ1n) is 2.73. The fourth-order valence-corrected chi connectivity index (χ4v) is 0.587. The van der Waals surface area contributed by atoms with Gasteiger partial charge in [0, 0.05) is 0 Å². The Balaban J connectivity index is 0. The van der Waals surface area contributed by atoms with Crippen LogP contribution in [0.3, 0.4) is 0 Å². The molecular weight excluding hydrogens is 150 g/mol. The summed E-state index contributed by atoms with van der Waals surface area (Å²) in [7, 11) is 0. The first kappa shape index (κ1) is 12.2. The van der Waals surface area contributed by atoms with Crippen LogP contribution < -0.4 is 6.15 Å². The monoisotopic (exact) mass is 163 g/mol. The lowest BCUT2D eigenvalue weighted by atomic mass is 10.1. The second kappa shape index (κ2) is 4.36. The first-order valence-corrected chi connectivity index (χ1v) is 2.73. The molecule has 0 aromatic heterocycles. The van der Waals surface area contributed by atoms with E-state index in [9.17, 15) is 0 Å². The number of hydrogen-bond donors (Lipinski definition) is 1. The Morgan fingerprint density at radius 2 is 1.80 bits per heavy atom. The molecule has 3 heteroatoms. The summed E-state index contributed by atoms with van der Waals surface area (Å²) in [5.74, 6) is 0. The molecule has 0 radical (unpaired) electrons. The van der Waals surface area contributed by atoms with Gasteiger partial charge in [0.05, 0.1) is 6.26 Å². The molecule has 0 amide bonds. The summed E-state index contributed by atoms with van der Waals surface area (Å²) in [5.41, 5.74) is -0.0885. The number of halogens is 1. The van der Waals surface area contributed by atoms with Crippen LogP contribution in [0.4, 0.5) is 0 Å². The summed E-state index contributed by atoms with van der Waals surface area (Å²) in [4.78, 5) is 0. The first-order chi connectivity index (χ1) is 3.71. The van der Waals surface area contributed by atoms with Gasteiger partial charge in [0.2, 0.25) is 0 Å². The third-order valence-electron chi connectivity index (χ3n) is 1.06. The van der Waals surface area contributed by atoms with Gasteiger partial charge >= 0.3 is 0 Å². The van der Waals surface area contributed by atoms with Crippen LogP contribution in [-0.2, 0) is 4.74 Å². The van der Waals surface area contributed by atoms with Crippen molar-refractivity contribution in [3.05, 3.63) is 24.5 Å². The molecule has 0 saturated carbocycles. The van der Waals surface area contributed by atoms with E-state index in [1.54, 1.807) is 6.26 Å². The maximum absolute atomic E-state index is 5.20. The van der Waals surface area contributed by atoms with Crippen LogP contribution in [0, 0.1) is 0 Å². The van der Waals surface area contributed by atoms with Gasteiger partial charge in [-0.2, -0.15) is 0 Å². The highest BCUT2D eigenvalue weighted by Gasteiger charge is 2.13. The molecule has 0 bridgehead atoms. The maximum Gasteiger partial charge on any atom is 0.121 e. The van der Waals surface area contributed by atoms with Gasteiger partial charge in [-0.15, -0.1) is 12.4 Å². The Hall–Kier alpha value is -0.470. The molecular formula is C7H14ClNO. The third-order valence-corrected chi connectivity index (χ3v) is 1.06. The van der Waals surface area contributed by atoms with Gasteiger partial charge in [0.1, 0.15) is 5.60 Å². The van der Waals surface area contributed by atoms with Crippen molar-refractivity contribution in [3.63, 3.8) is 0 Å². The Kier molecular flexibility index (Phi) is 5.33. The number of ether oxygens (including phenoxy) is 1. The van der Waals surface area contributed by atoms with Gasteiger partial charge in [-0.25, -0.2) is 0 Å². The standard InChI is InChI=1S/C7H10O.ClH.H3N/c1-7(2)5-3-4-6-8-7;;/h3-6H,1-2H3;1H;1H3. The minimum atomic E-state index is -0.0885. The summed E-state index contributed by atoms with van der Waals surface area (Å²) >= 11 is 0. The molecule has 1 heterocycles. The quantitative estimate of drug-likeness (QED) is 0.596. The minimum absolute atomic E-state index is 0. The van der Waals surface area contributed by atoms with Crippen LogP contribution in [0.1, 0.15) is 13.8 Å². The second-order valence-corrected chi connectivity index (χ2v) is 2.41. The van der Waals surface area contributed by atoms with Gasteiger partial charge in [-0.1, -0.05) is 6.08 Å². The fourth-order valence-electron chi connectivity index (χ4n) is 0.587. The lowest BCUT2D eigenvalue weighted by Crippen LogP contribution is -2.19. The SMILES string of the molecule is CC1(C)C=CC=CO1.Cl.N. The molecule has 0 unspecified atom stereocenters. The van der Waals surface area contributed by atoms with Gasteiger partial charge in [-0.05, 0) is 26.0 Å². The topological polar surface area (TPSA) is 44.2 Å². The van der Waals surface area contributed by atoms with Crippen molar-refractivity contribution in [3.8, 4) is 0 Å². The summed E-state index contributed by atoms with van der Waals surface area (Å²) in [6.07, 6.45) is 7.60. The molecule has 0 aromatic carbocycles. The minimum Gasteiger partial charge on any atom is -0.491 e. The van der Waals surface area contributed by atoms with Crippen LogP contribution >= 0.6 is 12.4 Å². The smallest absolute Gasteiger partial charge is 0.121 e. The predicted octanol–water partition coefficient (Wildman–Crippen LogP) is 2.45. The van der Waals surface area contributed by atoms with Crippen molar-refractivity contribution in [2.24, 2.45) is 0 Å². The van der Waals surface area contributed by atoms with Crippen molar-refractivity contribution < 1.29 is 4.74 Å². The van der Waals surface area contributed by atoms with Crippen molar-refractivity contribution in [1.29, 1.82) is 0 Å². The molecule has 1 rings (SSSR count). The largest absolute Gasteiger partial charge is 0.491 e. The van der Waals surface area contributed by atoms with E-state index in [0.29, 0.717) is 0 Å². The molecule has 2 nitrogen and oxygen atoms in total. The zero-order valence-corrected chi connectivity index (χ0v) is 7.15. The Morgan fingerprint density at radius 3 is 2.00 bits per heavy atom. The van der Waals surface area contributed by atoms with Crippen molar-refractivity contribution >= 4 is 12.4 Å². The average Bonchev–Trinajstić information content (AvgIpc) is 1.65. The highest BCUT2D eigenvalue weighted by atomic mass is 35.5. The van der Waals surface area contributed by atoms with E-state index in [-0.39, 0.29) is 24.2 Å². The summed E-state index contributed by atoms with van der Waals surface area (Å²) in [5, 5.41) is 0. The highest BCUT2D eigenvalue weighted by Crippen LogP contribution is 2.14. The van der Waals surface area contributed by atoms with Crippen LogP contribution in [0.5, 0.6) is 0 Å². The molecule has 0 aliphatic carbocycles. The van der Waals surface area contributed by atoms with Gasteiger partial charge < -0.3 is 10.9 Å². The van der Waals surface area contributed by atoms with Gasteiger partial charge in [0.15, 0.2) is 0 Å². The van der Waals surface area contributed by atoms with Gasteiger partial charge in [0.25, 0.3) is 0 Å². The summed E-state index contributed by atoms with van der Waals surface area (Å²) in [6.45, 7) is 4.04. The van der Waals surface area contributed by atoms with E-state index < -0.39 is 0 Å². The molecule has 1 aliphatic rings. The van der Waals surface area contributed by atoms with Crippen molar-refractivity contribution in [2.75, 3.05) is 0 Å². The van der Waals surface area contributed by atoms with Crippen LogP contribution in [0.25, 0.3) is 0 Å². The molecule has 10 heavy (non-hydrogen) atoms. The van der Waals surface area contributed by atoms with Crippen molar-refractivity contribution in [2.45, 2.75) is 19.4 Å². The fraction of sp³-hybridized carbons (Fsp3) is 0.429. The normalized spacial score (nSPS) is 18.2.